The summed E-state index contributed by atoms with van der Waals surface area (Å²) < 4.78 is 0. The molecule has 1 unspecified atom stereocenters. The minimum atomic E-state index is -0.638. The van der Waals surface area contributed by atoms with Gasteiger partial charge in [-0.3, -0.25) is 4.79 Å². The van der Waals surface area contributed by atoms with Crippen LogP contribution in [0.5, 0.6) is 0 Å². The summed E-state index contributed by atoms with van der Waals surface area (Å²) in [4.78, 5) is 11.1. The number of benzene rings is 1. The zero-order valence-electron chi connectivity index (χ0n) is 14.1. The fourth-order valence-corrected chi connectivity index (χ4v) is 3.78. The van der Waals surface area contributed by atoms with Gasteiger partial charge in [0.25, 0.3) is 0 Å². The average molecular weight is 338 g/mol. The first-order chi connectivity index (χ1) is 10.9. The molecule has 0 aromatic heterocycles. The SMILES string of the molecule is CC(C)CC(Cc1cccc(Cl)c1)NC1CCC(C(=O)O)CC1. The Bertz CT molecular complexity index is 510. The molecule has 1 fully saturated rings. The van der Waals surface area contributed by atoms with E-state index in [0.717, 1.165) is 43.5 Å². The topological polar surface area (TPSA) is 49.3 Å². The zero-order chi connectivity index (χ0) is 16.8. The lowest BCUT2D eigenvalue weighted by molar-refractivity contribution is -0.142. The van der Waals surface area contributed by atoms with Crippen LogP contribution in [0.3, 0.4) is 0 Å². The van der Waals surface area contributed by atoms with Gasteiger partial charge in [-0.1, -0.05) is 37.6 Å². The van der Waals surface area contributed by atoms with Gasteiger partial charge in [-0.25, -0.2) is 0 Å². The molecule has 0 amide bonds. The molecule has 2 rings (SSSR count). The van der Waals surface area contributed by atoms with Crippen LogP contribution in [0, 0.1) is 11.8 Å². The predicted octanol–water partition coefficient (Wildman–Crippen LogP) is 4.53. The number of carboxylic acids is 1. The van der Waals surface area contributed by atoms with Gasteiger partial charge in [0.2, 0.25) is 0 Å². The van der Waals surface area contributed by atoms with Crippen molar-refractivity contribution in [1.29, 1.82) is 0 Å². The van der Waals surface area contributed by atoms with E-state index in [1.165, 1.54) is 5.56 Å². The summed E-state index contributed by atoms with van der Waals surface area (Å²) in [5, 5.41) is 13.7. The zero-order valence-corrected chi connectivity index (χ0v) is 14.9. The quantitative estimate of drug-likeness (QED) is 0.768. The Morgan fingerprint density at radius 2 is 2.00 bits per heavy atom. The van der Waals surface area contributed by atoms with E-state index in [0.29, 0.717) is 18.0 Å². The van der Waals surface area contributed by atoms with Crippen molar-refractivity contribution in [2.45, 2.75) is 64.5 Å². The Morgan fingerprint density at radius 3 is 2.57 bits per heavy atom. The molecule has 0 spiro atoms. The second kappa shape index (κ2) is 8.70. The first-order valence-corrected chi connectivity index (χ1v) is 9.05. The Labute approximate surface area is 144 Å². The molecule has 0 saturated heterocycles. The highest BCUT2D eigenvalue weighted by Gasteiger charge is 2.27. The number of halogens is 1. The van der Waals surface area contributed by atoms with Crippen molar-refractivity contribution in [1.82, 2.24) is 5.32 Å². The Morgan fingerprint density at radius 1 is 1.30 bits per heavy atom. The van der Waals surface area contributed by atoms with E-state index in [1.54, 1.807) is 0 Å². The van der Waals surface area contributed by atoms with Crippen LogP contribution in [-0.4, -0.2) is 23.2 Å². The van der Waals surface area contributed by atoms with Gasteiger partial charge in [0.15, 0.2) is 0 Å². The monoisotopic (exact) mass is 337 g/mol. The third-order valence-corrected chi connectivity index (χ3v) is 4.91. The van der Waals surface area contributed by atoms with Crippen molar-refractivity contribution < 1.29 is 9.90 Å². The fourth-order valence-electron chi connectivity index (χ4n) is 3.57. The summed E-state index contributed by atoms with van der Waals surface area (Å²) in [5.41, 5.74) is 1.26. The highest BCUT2D eigenvalue weighted by Crippen LogP contribution is 2.26. The summed E-state index contributed by atoms with van der Waals surface area (Å²) in [6.45, 7) is 4.49. The van der Waals surface area contributed by atoms with Gasteiger partial charge in [0.05, 0.1) is 5.92 Å². The van der Waals surface area contributed by atoms with Crippen molar-refractivity contribution in [3.8, 4) is 0 Å². The van der Waals surface area contributed by atoms with Crippen LogP contribution < -0.4 is 5.32 Å². The summed E-state index contributed by atoms with van der Waals surface area (Å²) in [7, 11) is 0. The highest BCUT2D eigenvalue weighted by molar-refractivity contribution is 6.30. The van der Waals surface area contributed by atoms with Gasteiger partial charge >= 0.3 is 5.97 Å². The molecule has 1 aliphatic rings. The molecular formula is C19H28ClNO2. The van der Waals surface area contributed by atoms with Crippen LogP contribution in [0.1, 0.15) is 51.5 Å². The number of nitrogens with one attached hydrogen (secondary N) is 1. The second-order valence-corrected chi connectivity index (χ2v) is 7.65. The summed E-state index contributed by atoms with van der Waals surface area (Å²) >= 11 is 6.10. The van der Waals surface area contributed by atoms with Gasteiger partial charge in [0, 0.05) is 17.1 Å². The van der Waals surface area contributed by atoms with E-state index in [9.17, 15) is 4.79 Å². The molecule has 1 aromatic rings. The molecule has 23 heavy (non-hydrogen) atoms. The lowest BCUT2D eigenvalue weighted by atomic mass is 9.85. The Kier molecular flexibility index (Phi) is 6.91. The third kappa shape index (κ3) is 6.15. The van der Waals surface area contributed by atoms with Gasteiger partial charge in [-0.05, 0) is 62.1 Å². The molecular weight excluding hydrogens is 310 g/mol. The average Bonchev–Trinajstić information content (AvgIpc) is 2.47. The lowest BCUT2D eigenvalue weighted by Gasteiger charge is -2.31. The van der Waals surface area contributed by atoms with Gasteiger partial charge < -0.3 is 10.4 Å². The minimum Gasteiger partial charge on any atom is -0.481 e. The number of rotatable bonds is 7. The van der Waals surface area contributed by atoms with Gasteiger partial charge in [-0.15, -0.1) is 0 Å². The molecule has 1 aliphatic carbocycles. The normalized spacial score (nSPS) is 23.0. The van der Waals surface area contributed by atoms with Crippen LogP contribution in [-0.2, 0) is 11.2 Å². The van der Waals surface area contributed by atoms with Crippen molar-refractivity contribution in [3.63, 3.8) is 0 Å². The van der Waals surface area contributed by atoms with E-state index in [2.05, 4.69) is 25.2 Å². The van der Waals surface area contributed by atoms with Crippen molar-refractivity contribution in [2.24, 2.45) is 11.8 Å². The maximum atomic E-state index is 11.1. The molecule has 0 bridgehead atoms. The van der Waals surface area contributed by atoms with Crippen molar-refractivity contribution in [2.75, 3.05) is 0 Å². The molecule has 0 heterocycles. The fraction of sp³-hybridized carbons (Fsp3) is 0.632. The Hall–Kier alpha value is -1.06. The molecule has 2 N–H and O–H groups in total. The molecule has 0 radical (unpaired) electrons. The van der Waals surface area contributed by atoms with Gasteiger partial charge in [-0.2, -0.15) is 0 Å². The largest absolute Gasteiger partial charge is 0.481 e. The van der Waals surface area contributed by atoms with Crippen molar-refractivity contribution >= 4 is 17.6 Å². The van der Waals surface area contributed by atoms with Crippen LogP contribution in [0.2, 0.25) is 5.02 Å². The molecule has 1 aromatic carbocycles. The molecule has 1 saturated carbocycles. The van der Waals surface area contributed by atoms with Crippen LogP contribution in [0.25, 0.3) is 0 Å². The molecule has 128 valence electrons. The molecule has 0 aliphatic heterocycles. The first-order valence-electron chi connectivity index (χ1n) is 8.67. The number of carbonyl (C=O) groups is 1. The summed E-state index contributed by atoms with van der Waals surface area (Å²) in [6, 6.07) is 8.93. The summed E-state index contributed by atoms with van der Waals surface area (Å²) in [6.07, 6.45) is 5.59. The van der Waals surface area contributed by atoms with Crippen LogP contribution in [0.4, 0.5) is 0 Å². The number of hydrogen-bond donors (Lipinski definition) is 2. The van der Waals surface area contributed by atoms with E-state index in [1.807, 2.05) is 18.2 Å². The van der Waals surface area contributed by atoms with E-state index >= 15 is 0 Å². The summed E-state index contributed by atoms with van der Waals surface area (Å²) in [5.74, 6) is -0.160. The maximum Gasteiger partial charge on any atom is 0.306 e. The second-order valence-electron chi connectivity index (χ2n) is 7.21. The van der Waals surface area contributed by atoms with E-state index < -0.39 is 5.97 Å². The molecule has 1 atom stereocenters. The number of hydrogen-bond acceptors (Lipinski definition) is 2. The standard InChI is InChI=1S/C19H28ClNO2/c1-13(2)10-18(12-14-4-3-5-16(20)11-14)21-17-8-6-15(7-9-17)19(22)23/h3-5,11,13,15,17-18,21H,6-10,12H2,1-2H3,(H,22,23). The molecule has 3 nitrogen and oxygen atoms in total. The minimum absolute atomic E-state index is 0.149. The molecule has 4 heteroatoms. The van der Waals surface area contributed by atoms with Gasteiger partial charge in [0.1, 0.15) is 0 Å². The van der Waals surface area contributed by atoms with Crippen LogP contribution in [0.15, 0.2) is 24.3 Å². The maximum absolute atomic E-state index is 11.1. The van der Waals surface area contributed by atoms with Crippen LogP contribution >= 0.6 is 11.6 Å². The lowest BCUT2D eigenvalue weighted by Crippen LogP contribution is -2.43. The van der Waals surface area contributed by atoms with E-state index in [-0.39, 0.29) is 5.92 Å². The number of carboxylic acid groups (broad SMARTS) is 1. The first kappa shape index (κ1) is 18.3. The highest BCUT2D eigenvalue weighted by atomic mass is 35.5. The van der Waals surface area contributed by atoms with E-state index in [4.69, 9.17) is 16.7 Å². The predicted molar refractivity (Wildman–Crippen MR) is 94.9 cm³/mol. The van der Waals surface area contributed by atoms with Crippen molar-refractivity contribution in [3.05, 3.63) is 34.9 Å². The number of aliphatic carboxylic acids is 1. The Balaban J connectivity index is 1.92. The smallest absolute Gasteiger partial charge is 0.306 e. The third-order valence-electron chi connectivity index (χ3n) is 4.67.